The molecule has 10 heteroatoms. The van der Waals surface area contributed by atoms with E-state index in [2.05, 4.69) is 24.3 Å². The third-order valence-corrected chi connectivity index (χ3v) is 6.37. The number of ether oxygens (including phenoxy) is 3. The number of amides is 2. The number of hydrogen-bond acceptors (Lipinski definition) is 7. The molecule has 2 aromatic carbocycles. The molecule has 0 radical (unpaired) electrons. The summed E-state index contributed by atoms with van der Waals surface area (Å²) in [6.07, 6.45) is 0.884. The fourth-order valence-corrected chi connectivity index (χ4v) is 4.37. The first-order valence-electron chi connectivity index (χ1n) is 13.1. The van der Waals surface area contributed by atoms with Crippen LogP contribution in [-0.4, -0.2) is 73.4 Å². The van der Waals surface area contributed by atoms with Crippen molar-refractivity contribution in [3.05, 3.63) is 65.9 Å². The van der Waals surface area contributed by atoms with Crippen LogP contribution in [0.1, 0.15) is 36.3 Å². The molecule has 1 unspecified atom stereocenters. The van der Waals surface area contributed by atoms with Gasteiger partial charge in [0, 0.05) is 13.6 Å². The maximum Gasteiger partial charge on any atom is 0.325 e. The molecule has 0 spiro atoms. The van der Waals surface area contributed by atoms with E-state index in [0.717, 1.165) is 5.56 Å². The molecule has 214 valence electrons. The van der Waals surface area contributed by atoms with E-state index in [1.165, 1.54) is 19.1 Å². The SMILES string of the molecule is COC(=O)CN(C)C(=O)C(CCc1ccccc1)NC(=O)c1cc(-c2c(OC)cccc2OC)n(CC(C)C)n1. The van der Waals surface area contributed by atoms with E-state index in [4.69, 9.17) is 14.2 Å². The molecule has 0 bridgehead atoms. The van der Waals surface area contributed by atoms with Crippen molar-refractivity contribution in [1.29, 1.82) is 0 Å². The molecular weight excluding hydrogens is 512 g/mol. The third-order valence-electron chi connectivity index (χ3n) is 6.37. The van der Waals surface area contributed by atoms with E-state index < -0.39 is 23.8 Å². The molecule has 1 atom stereocenters. The van der Waals surface area contributed by atoms with Crippen molar-refractivity contribution in [2.45, 2.75) is 39.3 Å². The number of carbonyl (C=O) groups excluding carboxylic acids is 3. The highest BCUT2D eigenvalue weighted by Gasteiger charge is 2.28. The topological polar surface area (TPSA) is 112 Å². The van der Waals surface area contributed by atoms with Crippen LogP contribution in [0.15, 0.2) is 54.6 Å². The number of esters is 1. The van der Waals surface area contributed by atoms with Crippen LogP contribution in [0.3, 0.4) is 0 Å². The summed E-state index contributed by atoms with van der Waals surface area (Å²) in [7, 11) is 5.91. The van der Waals surface area contributed by atoms with Crippen molar-refractivity contribution < 1.29 is 28.6 Å². The van der Waals surface area contributed by atoms with Crippen molar-refractivity contribution in [1.82, 2.24) is 20.0 Å². The normalized spacial score (nSPS) is 11.6. The van der Waals surface area contributed by atoms with Gasteiger partial charge in [0.05, 0.1) is 32.6 Å². The zero-order valence-electron chi connectivity index (χ0n) is 24.0. The molecule has 1 aromatic heterocycles. The Hall–Kier alpha value is -4.34. The zero-order chi connectivity index (χ0) is 29.2. The molecule has 0 saturated carbocycles. The van der Waals surface area contributed by atoms with Gasteiger partial charge in [-0.1, -0.05) is 50.2 Å². The average Bonchev–Trinajstić information content (AvgIpc) is 3.37. The number of nitrogens with zero attached hydrogens (tertiary/aromatic N) is 3. The van der Waals surface area contributed by atoms with Crippen LogP contribution >= 0.6 is 0 Å². The van der Waals surface area contributed by atoms with Gasteiger partial charge in [-0.25, -0.2) is 0 Å². The summed E-state index contributed by atoms with van der Waals surface area (Å²) in [6, 6.07) is 15.9. The van der Waals surface area contributed by atoms with Gasteiger partial charge in [-0.15, -0.1) is 0 Å². The third kappa shape index (κ3) is 7.62. The highest BCUT2D eigenvalue weighted by Crippen LogP contribution is 2.38. The average molecular weight is 551 g/mol. The lowest BCUT2D eigenvalue weighted by atomic mass is 10.0. The van der Waals surface area contributed by atoms with Crippen LogP contribution in [0.2, 0.25) is 0 Å². The number of nitrogens with one attached hydrogen (secondary N) is 1. The number of aromatic nitrogens is 2. The predicted molar refractivity (Wildman–Crippen MR) is 151 cm³/mol. The van der Waals surface area contributed by atoms with Crippen LogP contribution in [0.25, 0.3) is 11.3 Å². The minimum Gasteiger partial charge on any atom is -0.496 e. The fraction of sp³-hybridized carbons (Fsp3) is 0.400. The standard InChI is InChI=1S/C30H38N4O6/c1-20(2)18-34-24(28-25(38-4)13-10-14-26(28)39-5)17-23(32-34)29(36)31-22(16-15-21-11-8-7-9-12-21)30(37)33(3)19-27(35)40-6/h7-14,17,20,22H,15-16,18-19H2,1-6H3,(H,31,36). The molecule has 1 N–H and O–H groups in total. The number of methoxy groups -OCH3 is 3. The number of aryl methyl sites for hydroxylation is 1. The molecule has 40 heavy (non-hydrogen) atoms. The number of benzene rings is 2. The zero-order valence-corrected chi connectivity index (χ0v) is 24.0. The summed E-state index contributed by atoms with van der Waals surface area (Å²) < 4.78 is 17.7. The lowest BCUT2D eigenvalue weighted by molar-refractivity contribution is -0.146. The van der Waals surface area contributed by atoms with Crippen molar-refractivity contribution in [2.75, 3.05) is 34.9 Å². The molecule has 1 heterocycles. The molecule has 0 aliphatic carbocycles. The Labute approximate surface area is 235 Å². The van der Waals surface area contributed by atoms with Gasteiger partial charge in [0.2, 0.25) is 5.91 Å². The Morgan fingerprint density at radius 1 is 0.975 bits per heavy atom. The van der Waals surface area contributed by atoms with Gasteiger partial charge in [0.1, 0.15) is 24.1 Å². The molecular formula is C30H38N4O6. The van der Waals surface area contributed by atoms with Gasteiger partial charge in [0.15, 0.2) is 5.69 Å². The molecule has 0 saturated heterocycles. The van der Waals surface area contributed by atoms with Gasteiger partial charge in [-0.05, 0) is 42.5 Å². The van der Waals surface area contributed by atoms with E-state index >= 15 is 0 Å². The Morgan fingerprint density at radius 3 is 2.20 bits per heavy atom. The first kappa shape index (κ1) is 30.2. The molecule has 10 nitrogen and oxygen atoms in total. The maximum absolute atomic E-state index is 13.6. The summed E-state index contributed by atoms with van der Waals surface area (Å²) >= 11 is 0. The first-order chi connectivity index (χ1) is 19.2. The van der Waals surface area contributed by atoms with Crippen LogP contribution in [-0.2, 0) is 27.3 Å². The van der Waals surface area contributed by atoms with Crippen molar-refractivity contribution in [3.63, 3.8) is 0 Å². The lowest BCUT2D eigenvalue weighted by Gasteiger charge is -2.23. The Kier molecular flexibility index (Phi) is 10.7. The van der Waals surface area contributed by atoms with Crippen LogP contribution in [0, 0.1) is 5.92 Å². The fourth-order valence-electron chi connectivity index (χ4n) is 4.37. The van der Waals surface area contributed by atoms with Crippen LogP contribution < -0.4 is 14.8 Å². The lowest BCUT2D eigenvalue weighted by Crippen LogP contribution is -2.49. The van der Waals surface area contributed by atoms with Crippen LogP contribution in [0.5, 0.6) is 11.5 Å². The summed E-state index contributed by atoms with van der Waals surface area (Å²) in [5, 5.41) is 7.47. The second kappa shape index (κ2) is 14.2. The number of hydrogen-bond donors (Lipinski definition) is 1. The summed E-state index contributed by atoms with van der Waals surface area (Å²) in [5.41, 5.74) is 2.51. The number of carbonyl (C=O) groups is 3. The minimum atomic E-state index is -0.887. The molecule has 0 aliphatic heterocycles. The van der Waals surface area contributed by atoms with E-state index in [9.17, 15) is 14.4 Å². The second-order valence-corrected chi connectivity index (χ2v) is 9.85. The quantitative estimate of drug-likeness (QED) is 0.324. The van der Waals surface area contributed by atoms with Crippen molar-refractivity contribution in [3.8, 4) is 22.8 Å². The van der Waals surface area contributed by atoms with Crippen molar-refractivity contribution >= 4 is 17.8 Å². The van der Waals surface area contributed by atoms with Gasteiger partial charge < -0.3 is 24.4 Å². The Balaban J connectivity index is 1.95. The van der Waals surface area contributed by atoms with Crippen LogP contribution in [0.4, 0.5) is 0 Å². The van der Waals surface area contributed by atoms with Gasteiger partial charge in [-0.2, -0.15) is 5.10 Å². The van der Waals surface area contributed by atoms with E-state index in [0.29, 0.717) is 42.1 Å². The number of rotatable bonds is 13. The molecule has 0 fully saturated rings. The van der Waals surface area contributed by atoms with Gasteiger partial charge >= 0.3 is 5.97 Å². The summed E-state index contributed by atoms with van der Waals surface area (Å²) in [4.78, 5) is 39.9. The molecule has 3 aromatic rings. The largest absolute Gasteiger partial charge is 0.496 e. The maximum atomic E-state index is 13.6. The minimum absolute atomic E-state index is 0.150. The van der Waals surface area contributed by atoms with E-state index in [1.54, 1.807) is 25.0 Å². The highest BCUT2D eigenvalue weighted by molar-refractivity contribution is 5.97. The van der Waals surface area contributed by atoms with Crippen molar-refractivity contribution in [2.24, 2.45) is 5.92 Å². The second-order valence-electron chi connectivity index (χ2n) is 9.85. The van der Waals surface area contributed by atoms with E-state index in [-0.39, 0.29) is 18.2 Å². The molecule has 2 amide bonds. The first-order valence-corrected chi connectivity index (χ1v) is 13.1. The highest BCUT2D eigenvalue weighted by atomic mass is 16.5. The molecule has 3 rings (SSSR count). The summed E-state index contributed by atoms with van der Waals surface area (Å²) in [5.74, 6) is -0.0548. The van der Waals surface area contributed by atoms with Gasteiger partial charge in [-0.3, -0.25) is 19.1 Å². The Bertz CT molecular complexity index is 1280. The number of likely N-dealkylation sites (N-methyl/N-ethyl adjacent to an activating group) is 1. The summed E-state index contributed by atoms with van der Waals surface area (Å²) in [6.45, 7) is 4.43. The Morgan fingerprint density at radius 2 is 1.62 bits per heavy atom. The van der Waals surface area contributed by atoms with E-state index in [1.807, 2.05) is 48.5 Å². The predicted octanol–water partition coefficient (Wildman–Crippen LogP) is 3.59. The monoisotopic (exact) mass is 550 g/mol. The smallest absolute Gasteiger partial charge is 0.325 e. The molecule has 0 aliphatic rings. The van der Waals surface area contributed by atoms with Gasteiger partial charge in [0.25, 0.3) is 5.91 Å².